The number of ketones is 1. The molecule has 0 saturated heterocycles. The van der Waals surface area contributed by atoms with E-state index in [0.29, 0.717) is 34.8 Å². The molecule has 1 atom stereocenters. The Morgan fingerprint density at radius 1 is 1.14 bits per heavy atom. The summed E-state index contributed by atoms with van der Waals surface area (Å²) in [6.45, 7) is 4.20. The van der Waals surface area contributed by atoms with Gasteiger partial charge in [-0.1, -0.05) is 38.8 Å². The van der Waals surface area contributed by atoms with E-state index in [-0.39, 0.29) is 17.6 Å². The summed E-state index contributed by atoms with van der Waals surface area (Å²) in [5.41, 5.74) is 11.4. The van der Waals surface area contributed by atoms with Crippen molar-refractivity contribution in [3.63, 3.8) is 0 Å². The molecule has 184 valence electrons. The summed E-state index contributed by atoms with van der Waals surface area (Å²) in [5, 5.41) is 13.1. The fraction of sp³-hybridized carbons (Fsp3) is 0.414. The molecular formula is C29H35N3O3. The van der Waals surface area contributed by atoms with Crippen LogP contribution in [0.1, 0.15) is 91.9 Å². The highest BCUT2D eigenvalue weighted by Crippen LogP contribution is 2.33. The molecule has 35 heavy (non-hydrogen) atoms. The lowest BCUT2D eigenvalue weighted by molar-refractivity contribution is -0.119. The molecule has 0 saturated carbocycles. The Bertz CT molecular complexity index is 1180. The highest BCUT2D eigenvalue weighted by Gasteiger charge is 2.24. The molecule has 2 aliphatic rings. The molecule has 6 nitrogen and oxygen atoms in total. The van der Waals surface area contributed by atoms with Gasteiger partial charge in [0.1, 0.15) is 5.84 Å². The van der Waals surface area contributed by atoms with Gasteiger partial charge in [-0.15, -0.1) is 0 Å². The number of anilines is 1. The maximum Gasteiger partial charge on any atom is 0.255 e. The lowest BCUT2D eigenvalue weighted by atomic mass is 9.87. The summed E-state index contributed by atoms with van der Waals surface area (Å²) in [7, 11) is 0. The molecule has 0 aromatic heterocycles. The zero-order valence-electron chi connectivity index (χ0n) is 20.6. The van der Waals surface area contributed by atoms with Gasteiger partial charge in [0.25, 0.3) is 5.91 Å². The van der Waals surface area contributed by atoms with Crippen molar-refractivity contribution in [3.8, 4) is 0 Å². The first-order valence-corrected chi connectivity index (χ1v) is 12.7. The van der Waals surface area contributed by atoms with Crippen LogP contribution in [-0.4, -0.2) is 22.6 Å². The minimum atomic E-state index is -0.430. The largest absolute Gasteiger partial charge is 0.388 e. The van der Waals surface area contributed by atoms with Gasteiger partial charge >= 0.3 is 0 Å². The Balaban J connectivity index is 1.56. The van der Waals surface area contributed by atoms with E-state index in [1.54, 1.807) is 12.1 Å². The van der Waals surface area contributed by atoms with Crippen LogP contribution < -0.4 is 11.1 Å². The van der Waals surface area contributed by atoms with Crippen molar-refractivity contribution in [1.29, 1.82) is 0 Å². The topological polar surface area (TPSA) is 105 Å². The van der Waals surface area contributed by atoms with E-state index >= 15 is 0 Å². The van der Waals surface area contributed by atoms with E-state index in [1.807, 2.05) is 30.3 Å². The van der Waals surface area contributed by atoms with Gasteiger partial charge in [0.05, 0.1) is 11.8 Å². The maximum absolute atomic E-state index is 13.2. The van der Waals surface area contributed by atoms with Crippen LogP contribution in [0.2, 0.25) is 0 Å². The number of amides is 1. The lowest BCUT2D eigenvalue weighted by Crippen LogP contribution is -2.21. The molecule has 0 bridgehead atoms. The van der Waals surface area contributed by atoms with Crippen molar-refractivity contribution < 1.29 is 14.7 Å². The molecule has 4 rings (SSSR count). The Morgan fingerprint density at radius 2 is 1.91 bits per heavy atom. The monoisotopic (exact) mass is 473 g/mol. The summed E-state index contributed by atoms with van der Waals surface area (Å²) in [6.07, 6.45) is 8.05. The van der Waals surface area contributed by atoms with Crippen LogP contribution in [-0.2, 0) is 11.2 Å². The normalized spacial score (nSPS) is 17.1. The second-order valence-corrected chi connectivity index (χ2v) is 9.64. The number of nitrogens with zero attached hydrogens (tertiary/aromatic N) is 1. The van der Waals surface area contributed by atoms with Crippen molar-refractivity contribution in [2.45, 2.75) is 71.3 Å². The number of hydrogen-bond donors (Lipinski definition) is 3. The Hall–Kier alpha value is -3.25. The molecule has 2 aromatic rings. The second-order valence-electron chi connectivity index (χ2n) is 9.64. The minimum absolute atomic E-state index is 0.00776. The van der Waals surface area contributed by atoms with Crippen LogP contribution in [0.5, 0.6) is 0 Å². The molecular weight excluding hydrogens is 438 g/mol. The third-order valence-corrected chi connectivity index (χ3v) is 6.90. The first-order valence-electron chi connectivity index (χ1n) is 12.7. The molecule has 1 aliphatic carbocycles. The number of carbonyl (C=O) groups excluding carboxylic acids is 2. The van der Waals surface area contributed by atoms with E-state index in [1.165, 1.54) is 0 Å². The smallest absolute Gasteiger partial charge is 0.255 e. The number of aryl methyl sites for hydroxylation is 1. The summed E-state index contributed by atoms with van der Waals surface area (Å²) in [4.78, 5) is 30.7. The average molecular weight is 474 g/mol. The van der Waals surface area contributed by atoms with Crippen LogP contribution in [0.3, 0.4) is 0 Å². The number of aliphatic imine (C=N–C) groups is 1. The number of rotatable bonds is 8. The quantitative estimate of drug-likeness (QED) is 0.446. The molecule has 1 amide bonds. The third-order valence-electron chi connectivity index (χ3n) is 6.90. The first kappa shape index (κ1) is 24.9. The van der Waals surface area contributed by atoms with Gasteiger partial charge in [-0.05, 0) is 73.6 Å². The standard InChI is InChI=1S/C29H35N3O3/c1-3-6-18(7-4-2)28(34)22-14-20-10-11-21(16-25(20)32-27(30)17-22)29(35)31-23-12-13-24-19(15-23)8-5-9-26(24)33/h10-16,18,26,33H,3-9,17H2,1-2H3,(H2,30,32)(H,31,35). The van der Waals surface area contributed by atoms with Crippen LogP contribution in [0.25, 0.3) is 6.08 Å². The number of Topliss-reactive ketones (excluding diaryl/α,β-unsaturated/α-hetero) is 1. The molecule has 6 heteroatoms. The van der Waals surface area contributed by atoms with Crippen molar-refractivity contribution in [3.05, 3.63) is 64.2 Å². The van der Waals surface area contributed by atoms with Gasteiger partial charge in [-0.25, -0.2) is 4.99 Å². The first-order chi connectivity index (χ1) is 16.9. The van der Waals surface area contributed by atoms with Gasteiger partial charge < -0.3 is 16.2 Å². The Kier molecular flexibility index (Phi) is 7.81. The SMILES string of the molecule is CCCC(CCC)C(=O)C1=Cc2ccc(C(=O)Nc3ccc4c(c3)CCCC4O)cc2N=C(N)C1. The van der Waals surface area contributed by atoms with Crippen molar-refractivity contribution in [1.82, 2.24) is 0 Å². The number of carbonyl (C=O) groups is 2. The number of nitrogens with two attached hydrogens (primary N) is 1. The van der Waals surface area contributed by atoms with Gasteiger partial charge in [-0.2, -0.15) is 0 Å². The molecule has 1 unspecified atom stereocenters. The number of nitrogens with one attached hydrogen (secondary N) is 1. The molecule has 0 radical (unpaired) electrons. The van der Waals surface area contributed by atoms with E-state index in [2.05, 4.69) is 24.2 Å². The van der Waals surface area contributed by atoms with Gasteiger partial charge in [0.15, 0.2) is 5.78 Å². The van der Waals surface area contributed by atoms with Crippen molar-refractivity contribution in [2.24, 2.45) is 16.6 Å². The van der Waals surface area contributed by atoms with Gasteiger partial charge in [0.2, 0.25) is 0 Å². The summed E-state index contributed by atoms with van der Waals surface area (Å²) < 4.78 is 0. The lowest BCUT2D eigenvalue weighted by Gasteiger charge is -2.22. The van der Waals surface area contributed by atoms with Crippen LogP contribution in [0, 0.1) is 5.92 Å². The highest BCUT2D eigenvalue weighted by molar-refractivity contribution is 6.09. The van der Waals surface area contributed by atoms with Crippen molar-refractivity contribution in [2.75, 3.05) is 5.32 Å². The fourth-order valence-electron chi connectivity index (χ4n) is 5.13. The molecule has 0 fully saturated rings. The van der Waals surface area contributed by atoms with Crippen LogP contribution >= 0.6 is 0 Å². The number of fused-ring (bicyclic) bond motifs is 2. The summed E-state index contributed by atoms with van der Waals surface area (Å²) in [5.74, 6) is 0.293. The van der Waals surface area contributed by atoms with E-state index < -0.39 is 6.10 Å². The van der Waals surface area contributed by atoms with E-state index in [4.69, 9.17) is 5.73 Å². The third kappa shape index (κ3) is 5.70. The fourth-order valence-corrected chi connectivity index (χ4v) is 5.13. The number of hydrogen-bond acceptors (Lipinski definition) is 5. The highest BCUT2D eigenvalue weighted by atomic mass is 16.3. The van der Waals surface area contributed by atoms with E-state index in [9.17, 15) is 14.7 Å². The number of amidine groups is 1. The van der Waals surface area contributed by atoms with Gasteiger partial charge in [-0.3, -0.25) is 9.59 Å². The summed E-state index contributed by atoms with van der Waals surface area (Å²) >= 11 is 0. The number of aliphatic hydroxyl groups excluding tert-OH is 1. The van der Waals surface area contributed by atoms with Crippen LogP contribution in [0.15, 0.2) is 47.0 Å². The van der Waals surface area contributed by atoms with Crippen LogP contribution in [0.4, 0.5) is 11.4 Å². The maximum atomic E-state index is 13.2. The predicted octanol–water partition coefficient (Wildman–Crippen LogP) is 5.87. The Morgan fingerprint density at radius 3 is 2.66 bits per heavy atom. The zero-order valence-corrected chi connectivity index (χ0v) is 20.6. The second kappa shape index (κ2) is 11.0. The van der Waals surface area contributed by atoms with E-state index in [0.717, 1.165) is 61.6 Å². The molecule has 4 N–H and O–H groups in total. The molecule has 2 aromatic carbocycles. The minimum Gasteiger partial charge on any atom is -0.388 e. The number of aliphatic hydroxyl groups is 1. The average Bonchev–Trinajstić information content (AvgIpc) is 3.01. The Labute approximate surface area is 207 Å². The summed E-state index contributed by atoms with van der Waals surface area (Å²) in [6, 6.07) is 11.0. The molecule has 1 heterocycles. The zero-order chi connectivity index (χ0) is 24.9. The molecule has 0 spiro atoms. The molecule has 1 aliphatic heterocycles. The number of benzene rings is 2. The van der Waals surface area contributed by atoms with Crippen molar-refractivity contribution >= 4 is 35.0 Å². The predicted molar refractivity (Wildman–Crippen MR) is 141 cm³/mol. The van der Waals surface area contributed by atoms with Gasteiger partial charge in [0, 0.05) is 34.7 Å².